The number of carbonyl (C=O) groups is 3. The van der Waals surface area contributed by atoms with Crippen LogP contribution in [0.2, 0.25) is 5.02 Å². The van der Waals surface area contributed by atoms with Gasteiger partial charge in [0.1, 0.15) is 6.04 Å². The van der Waals surface area contributed by atoms with Gasteiger partial charge in [-0.15, -0.1) is 24.9 Å². The molecule has 3 heterocycles. The van der Waals surface area contributed by atoms with Crippen molar-refractivity contribution in [3.8, 4) is 0 Å². The van der Waals surface area contributed by atoms with Crippen molar-refractivity contribution in [2.75, 3.05) is 24.7 Å². The summed E-state index contributed by atoms with van der Waals surface area (Å²) in [5.41, 5.74) is 0.640. The van der Waals surface area contributed by atoms with Gasteiger partial charge in [-0.3, -0.25) is 14.4 Å². The molecular weight excluding hydrogens is 524 g/mol. The molecule has 206 valence electrons. The third-order valence-corrected chi connectivity index (χ3v) is 10.5. The first-order chi connectivity index (χ1) is 18.1. The van der Waals surface area contributed by atoms with E-state index >= 15 is 0 Å². The second-order valence-electron chi connectivity index (χ2n) is 10.9. The van der Waals surface area contributed by atoms with Crippen molar-refractivity contribution in [3.63, 3.8) is 0 Å². The molecule has 6 atom stereocenters. The van der Waals surface area contributed by atoms with Gasteiger partial charge in [-0.25, -0.2) is 0 Å². The van der Waals surface area contributed by atoms with Gasteiger partial charge in [0.05, 0.1) is 35.8 Å². The molecule has 0 saturated carbocycles. The molecule has 0 aromatic heterocycles. The molecule has 1 aromatic carbocycles. The third-order valence-electron chi connectivity index (χ3n) is 8.30. The van der Waals surface area contributed by atoms with Crippen LogP contribution in [0.3, 0.4) is 0 Å². The lowest BCUT2D eigenvalue weighted by Gasteiger charge is -2.40. The van der Waals surface area contributed by atoms with Crippen molar-refractivity contribution in [2.45, 2.75) is 61.6 Å². The normalized spacial score (nSPS) is 30.3. The lowest BCUT2D eigenvalue weighted by atomic mass is 9.66. The average molecular weight is 561 g/mol. The number of amides is 2. The Labute approximate surface area is 234 Å². The van der Waals surface area contributed by atoms with Crippen LogP contribution < -0.4 is 4.90 Å². The van der Waals surface area contributed by atoms with Gasteiger partial charge in [0.25, 0.3) is 5.91 Å². The van der Waals surface area contributed by atoms with E-state index in [0.29, 0.717) is 30.0 Å². The van der Waals surface area contributed by atoms with Crippen LogP contribution in [0, 0.1) is 17.8 Å². The van der Waals surface area contributed by atoms with E-state index < -0.39 is 39.4 Å². The van der Waals surface area contributed by atoms with Crippen LogP contribution in [0.4, 0.5) is 5.69 Å². The molecule has 3 aliphatic rings. The molecule has 1 aromatic rings. The Balaban J connectivity index is 1.82. The van der Waals surface area contributed by atoms with Gasteiger partial charge < -0.3 is 19.6 Å². The molecular formula is C29H37ClN2O5S. The van der Waals surface area contributed by atoms with Crippen LogP contribution in [0.1, 0.15) is 40.0 Å². The molecule has 2 amide bonds. The summed E-state index contributed by atoms with van der Waals surface area (Å²) in [6.07, 6.45) is 5.16. The Bertz CT molecular complexity index is 1110. The van der Waals surface area contributed by atoms with Gasteiger partial charge in [-0.1, -0.05) is 37.6 Å². The molecule has 2 bridgehead atoms. The zero-order chi connectivity index (χ0) is 27.8. The maximum absolute atomic E-state index is 14.6. The number of hydrogen-bond acceptors (Lipinski definition) is 6. The minimum absolute atomic E-state index is 0.103. The van der Waals surface area contributed by atoms with Crippen LogP contribution in [0.25, 0.3) is 0 Å². The molecule has 38 heavy (non-hydrogen) atoms. The van der Waals surface area contributed by atoms with E-state index in [2.05, 4.69) is 13.2 Å². The van der Waals surface area contributed by atoms with Crippen molar-refractivity contribution < 1.29 is 24.2 Å². The van der Waals surface area contributed by atoms with Crippen molar-refractivity contribution in [3.05, 3.63) is 54.6 Å². The number of esters is 1. The van der Waals surface area contributed by atoms with Crippen molar-refractivity contribution in [1.82, 2.24) is 4.90 Å². The molecule has 4 rings (SSSR count). The maximum atomic E-state index is 14.6. The summed E-state index contributed by atoms with van der Waals surface area (Å²) in [6, 6.07) is 5.55. The van der Waals surface area contributed by atoms with E-state index in [1.165, 1.54) is 0 Å². The number of likely N-dealkylation sites (tertiary alicyclic amines) is 1. The van der Waals surface area contributed by atoms with E-state index in [1.807, 2.05) is 20.8 Å². The minimum atomic E-state index is -0.854. The Hall–Kier alpha value is -2.29. The van der Waals surface area contributed by atoms with Crippen LogP contribution in [-0.4, -0.2) is 69.1 Å². The van der Waals surface area contributed by atoms with E-state index in [0.717, 1.165) is 0 Å². The molecule has 1 spiro atoms. The second-order valence-corrected chi connectivity index (χ2v) is 13.3. The van der Waals surface area contributed by atoms with Gasteiger partial charge in [0.15, 0.2) is 0 Å². The van der Waals surface area contributed by atoms with Gasteiger partial charge in [0, 0.05) is 22.0 Å². The number of rotatable bonds is 11. The summed E-state index contributed by atoms with van der Waals surface area (Å²) in [5, 5.41) is 11.0. The number of aliphatic hydroxyl groups is 1. The van der Waals surface area contributed by atoms with Crippen LogP contribution in [0.15, 0.2) is 49.6 Å². The number of aliphatic hydroxyl groups excluding tert-OH is 1. The molecule has 7 nitrogen and oxygen atoms in total. The van der Waals surface area contributed by atoms with E-state index in [-0.39, 0.29) is 37.5 Å². The highest BCUT2D eigenvalue weighted by atomic mass is 35.5. The van der Waals surface area contributed by atoms with Crippen molar-refractivity contribution >= 4 is 46.8 Å². The van der Waals surface area contributed by atoms with Gasteiger partial charge in [-0.05, 0) is 56.4 Å². The third kappa shape index (κ3) is 4.58. The average Bonchev–Trinajstić information content (AvgIpc) is 3.44. The van der Waals surface area contributed by atoms with E-state index in [4.69, 9.17) is 16.3 Å². The Morgan fingerprint density at radius 1 is 1.26 bits per heavy atom. The summed E-state index contributed by atoms with van der Waals surface area (Å²) in [6.45, 7) is 13.5. The maximum Gasteiger partial charge on any atom is 0.311 e. The molecule has 3 saturated heterocycles. The molecule has 3 aliphatic heterocycles. The number of carbonyl (C=O) groups excluding carboxylic acids is 3. The largest absolute Gasteiger partial charge is 0.465 e. The molecule has 0 radical (unpaired) electrons. The summed E-state index contributed by atoms with van der Waals surface area (Å²) in [5.74, 6) is -2.39. The number of ether oxygens (including phenoxy) is 1. The standard InChI is InChI=1S/C29H37ClN2O5S/c1-6-8-16-37-27(36)23-22-25(34)32(21(17-33)18(3)4)24(29(22)14-13-28(23,5)38-29)26(35)31(15-7-2)20-11-9-19(30)10-12-20/h6-7,9-12,18,21-24,33H,1-2,8,13-17H2,3-5H3/t21-,22-,23+,24?,28-,29?/m0/s1. The lowest BCUT2D eigenvalue weighted by Crippen LogP contribution is -2.58. The zero-order valence-electron chi connectivity index (χ0n) is 22.3. The predicted octanol–water partition coefficient (Wildman–Crippen LogP) is 4.48. The van der Waals surface area contributed by atoms with Gasteiger partial charge >= 0.3 is 5.97 Å². The van der Waals surface area contributed by atoms with Crippen LogP contribution in [-0.2, 0) is 19.1 Å². The summed E-state index contributed by atoms with van der Waals surface area (Å²) in [4.78, 5) is 45.5. The smallest absolute Gasteiger partial charge is 0.311 e. The molecule has 1 N–H and O–H groups in total. The Kier molecular flexibility index (Phi) is 8.36. The van der Waals surface area contributed by atoms with Gasteiger partial charge in [-0.2, -0.15) is 0 Å². The first kappa shape index (κ1) is 28.7. The molecule has 2 unspecified atom stereocenters. The summed E-state index contributed by atoms with van der Waals surface area (Å²) < 4.78 is 4.28. The number of anilines is 1. The highest BCUT2D eigenvalue weighted by Gasteiger charge is 2.78. The number of nitrogens with zero attached hydrogens (tertiary/aromatic N) is 2. The number of halogens is 1. The summed E-state index contributed by atoms with van der Waals surface area (Å²) in [7, 11) is 0. The number of benzene rings is 1. The van der Waals surface area contributed by atoms with Crippen LogP contribution >= 0.6 is 23.4 Å². The fourth-order valence-corrected chi connectivity index (χ4v) is 8.98. The fourth-order valence-electron chi connectivity index (χ4n) is 6.53. The first-order valence-electron chi connectivity index (χ1n) is 13.1. The Morgan fingerprint density at radius 3 is 2.53 bits per heavy atom. The first-order valence-corrected chi connectivity index (χ1v) is 14.3. The highest BCUT2D eigenvalue weighted by molar-refractivity contribution is 8.02. The van der Waals surface area contributed by atoms with E-state index in [9.17, 15) is 19.5 Å². The highest BCUT2D eigenvalue weighted by Crippen LogP contribution is 2.72. The second kappa shape index (κ2) is 11.1. The number of hydrogen-bond donors (Lipinski definition) is 1. The zero-order valence-corrected chi connectivity index (χ0v) is 23.8. The number of thioether (sulfide) groups is 1. The monoisotopic (exact) mass is 560 g/mol. The predicted molar refractivity (Wildman–Crippen MR) is 151 cm³/mol. The topological polar surface area (TPSA) is 87.1 Å². The fraction of sp³-hybridized carbons (Fsp3) is 0.552. The lowest BCUT2D eigenvalue weighted by molar-refractivity contribution is -0.156. The van der Waals surface area contributed by atoms with Crippen LogP contribution in [0.5, 0.6) is 0 Å². The summed E-state index contributed by atoms with van der Waals surface area (Å²) >= 11 is 7.69. The van der Waals surface area contributed by atoms with Gasteiger partial charge in [0.2, 0.25) is 5.91 Å². The van der Waals surface area contributed by atoms with Crippen molar-refractivity contribution in [1.29, 1.82) is 0 Å². The number of fused-ring (bicyclic) bond motifs is 1. The Morgan fingerprint density at radius 2 is 1.95 bits per heavy atom. The van der Waals surface area contributed by atoms with E-state index in [1.54, 1.807) is 58.0 Å². The molecule has 0 aliphatic carbocycles. The van der Waals surface area contributed by atoms with Crippen molar-refractivity contribution in [2.24, 2.45) is 17.8 Å². The minimum Gasteiger partial charge on any atom is -0.465 e. The SMILES string of the molecule is C=CCCOC(=O)[C@H]1[C@H]2C(=O)N([C@@H](CO)C(C)C)C(C(=O)N(CC=C)c3ccc(Cl)cc3)C23CC[C@]1(C)S3. The molecule has 3 fully saturated rings. The quantitative estimate of drug-likeness (QED) is 0.244. The molecule has 9 heteroatoms.